The first-order valence-electron chi connectivity index (χ1n) is 5.09. The van der Waals surface area contributed by atoms with Gasteiger partial charge in [-0.05, 0) is 13.8 Å². The molecule has 0 aromatic carbocycles. The third-order valence-corrected chi connectivity index (χ3v) is 3.73. The van der Waals surface area contributed by atoms with Crippen LogP contribution in [-0.2, 0) is 10.6 Å². The molecule has 2 heterocycles. The summed E-state index contributed by atoms with van der Waals surface area (Å²) in [5.41, 5.74) is 0.961. The summed E-state index contributed by atoms with van der Waals surface area (Å²) >= 11 is 7.41. The monoisotopic (exact) mass is 246 g/mol. The van der Waals surface area contributed by atoms with Crippen LogP contribution in [0.25, 0.3) is 0 Å². The number of halogens is 1. The number of aromatic nitrogens is 1. The van der Waals surface area contributed by atoms with Crippen molar-refractivity contribution < 1.29 is 4.74 Å². The number of nitrogens with zero attached hydrogens (tertiary/aromatic N) is 2. The van der Waals surface area contributed by atoms with Crippen molar-refractivity contribution in [2.45, 2.75) is 31.9 Å². The summed E-state index contributed by atoms with van der Waals surface area (Å²) in [5, 5.41) is 3.09. The van der Waals surface area contributed by atoms with Gasteiger partial charge in [0.1, 0.15) is 0 Å². The average molecular weight is 247 g/mol. The molecule has 0 bridgehead atoms. The lowest BCUT2D eigenvalue weighted by molar-refractivity contribution is 0.0343. The van der Waals surface area contributed by atoms with Gasteiger partial charge in [-0.15, -0.1) is 22.9 Å². The third-order valence-electron chi connectivity index (χ3n) is 2.53. The zero-order chi connectivity index (χ0) is 10.8. The molecule has 0 N–H and O–H groups in total. The Balaban J connectivity index is 2.13. The minimum absolute atomic E-state index is 0.282. The number of anilines is 1. The molecule has 1 aromatic heterocycles. The Kier molecular flexibility index (Phi) is 3.49. The molecule has 1 aliphatic heterocycles. The maximum Gasteiger partial charge on any atom is 0.185 e. The van der Waals surface area contributed by atoms with Crippen LogP contribution >= 0.6 is 22.9 Å². The van der Waals surface area contributed by atoms with Crippen LogP contribution in [0, 0.1) is 0 Å². The van der Waals surface area contributed by atoms with Gasteiger partial charge in [0.2, 0.25) is 0 Å². The SMILES string of the molecule is CC1CN(c2nc(CCl)cs2)C(C)CO1. The summed E-state index contributed by atoms with van der Waals surface area (Å²) in [6.07, 6.45) is 0.282. The van der Waals surface area contributed by atoms with Crippen molar-refractivity contribution in [1.82, 2.24) is 4.98 Å². The van der Waals surface area contributed by atoms with Crippen molar-refractivity contribution >= 4 is 28.1 Å². The number of hydrogen-bond donors (Lipinski definition) is 0. The van der Waals surface area contributed by atoms with Gasteiger partial charge in [0, 0.05) is 11.9 Å². The fourth-order valence-electron chi connectivity index (χ4n) is 1.66. The van der Waals surface area contributed by atoms with E-state index in [4.69, 9.17) is 16.3 Å². The number of thiazole rings is 1. The van der Waals surface area contributed by atoms with Crippen molar-refractivity contribution in [1.29, 1.82) is 0 Å². The maximum absolute atomic E-state index is 5.75. The quantitative estimate of drug-likeness (QED) is 0.750. The second-order valence-corrected chi connectivity index (χ2v) is 5.00. The van der Waals surface area contributed by atoms with Crippen LogP contribution in [0.2, 0.25) is 0 Å². The molecule has 2 rings (SSSR count). The van der Waals surface area contributed by atoms with Gasteiger partial charge in [-0.3, -0.25) is 0 Å². The predicted molar refractivity (Wildman–Crippen MR) is 63.9 cm³/mol. The molecule has 5 heteroatoms. The second kappa shape index (κ2) is 4.68. The summed E-state index contributed by atoms with van der Waals surface area (Å²) in [5.74, 6) is 0.491. The second-order valence-electron chi connectivity index (χ2n) is 3.90. The smallest absolute Gasteiger partial charge is 0.185 e. The first-order chi connectivity index (χ1) is 7.20. The van der Waals surface area contributed by atoms with E-state index in [-0.39, 0.29) is 6.10 Å². The van der Waals surface area contributed by atoms with E-state index in [0.717, 1.165) is 24.0 Å². The Bertz CT molecular complexity index is 331. The predicted octanol–water partition coefficient (Wildman–Crippen LogP) is 2.50. The summed E-state index contributed by atoms with van der Waals surface area (Å²) < 4.78 is 5.58. The minimum atomic E-state index is 0.282. The topological polar surface area (TPSA) is 25.4 Å². The molecular weight excluding hydrogens is 232 g/mol. The molecule has 2 unspecified atom stereocenters. The molecule has 0 spiro atoms. The zero-order valence-electron chi connectivity index (χ0n) is 8.94. The lowest BCUT2D eigenvalue weighted by Gasteiger charge is -2.36. The molecule has 1 fully saturated rings. The van der Waals surface area contributed by atoms with E-state index in [1.165, 1.54) is 0 Å². The largest absolute Gasteiger partial charge is 0.375 e. The van der Waals surface area contributed by atoms with E-state index in [0.29, 0.717) is 11.9 Å². The molecule has 1 aliphatic rings. The Morgan fingerprint density at radius 1 is 1.67 bits per heavy atom. The highest BCUT2D eigenvalue weighted by Crippen LogP contribution is 2.26. The molecule has 1 saturated heterocycles. The van der Waals surface area contributed by atoms with E-state index in [1.54, 1.807) is 11.3 Å². The highest BCUT2D eigenvalue weighted by Gasteiger charge is 2.25. The summed E-state index contributed by atoms with van der Waals surface area (Å²) in [7, 11) is 0. The van der Waals surface area contributed by atoms with Gasteiger partial charge in [-0.25, -0.2) is 4.98 Å². The van der Waals surface area contributed by atoms with Gasteiger partial charge >= 0.3 is 0 Å². The molecule has 0 aliphatic carbocycles. The van der Waals surface area contributed by atoms with E-state index in [9.17, 15) is 0 Å². The molecule has 0 amide bonds. The van der Waals surface area contributed by atoms with Crippen LogP contribution < -0.4 is 4.90 Å². The van der Waals surface area contributed by atoms with Crippen molar-refractivity contribution in [3.63, 3.8) is 0 Å². The highest BCUT2D eigenvalue weighted by molar-refractivity contribution is 7.13. The molecule has 15 heavy (non-hydrogen) atoms. The van der Waals surface area contributed by atoms with Crippen LogP contribution in [0.4, 0.5) is 5.13 Å². The van der Waals surface area contributed by atoms with Crippen molar-refractivity contribution in [2.24, 2.45) is 0 Å². The standard InChI is InChI=1S/C10H15ClN2OS/c1-7-5-14-8(2)4-13(7)10-12-9(3-11)6-15-10/h6-8H,3-5H2,1-2H3. The summed E-state index contributed by atoms with van der Waals surface area (Å²) in [4.78, 5) is 6.79. The highest BCUT2D eigenvalue weighted by atomic mass is 35.5. The Morgan fingerprint density at radius 2 is 2.47 bits per heavy atom. The molecule has 84 valence electrons. The average Bonchev–Trinajstić information content (AvgIpc) is 2.70. The zero-order valence-corrected chi connectivity index (χ0v) is 10.5. The first kappa shape index (κ1) is 11.2. The van der Waals surface area contributed by atoms with Crippen molar-refractivity contribution in [3.8, 4) is 0 Å². The molecule has 1 aromatic rings. The number of rotatable bonds is 2. The lowest BCUT2D eigenvalue weighted by Crippen LogP contribution is -2.47. The van der Waals surface area contributed by atoms with Gasteiger partial charge in [0.05, 0.1) is 30.3 Å². The van der Waals surface area contributed by atoms with E-state index < -0.39 is 0 Å². The van der Waals surface area contributed by atoms with E-state index >= 15 is 0 Å². The third kappa shape index (κ3) is 2.44. The Morgan fingerprint density at radius 3 is 3.13 bits per heavy atom. The van der Waals surface area contributed by atoms with Crippen LogP contribution in [0.1, 0.15) is 19.5 Å². The fraction of sp³-hybridized carbons (Fsp3) is 0.700. The molecule has 3 nitrogen and oxygen atoms in total. The van der Waals surface area contributed by atoms with E-state index in [1.807, 2.05) is 5.38 Å². The fourth-order valence-corrected chi connectivity index (χ4v) is 2.83. The molecule has 2 atom stereocenters. The van der Waals surface area contributed by atoms with Crippen molar-refractivity contribution in [2.75, 3.05) is 18.1 Å². The normalized spacial score (nSPS) is 27.0. The van der Waals surface area contributed by atoms with Gasteiger partial charge in [-0.2, -0.15) is 0 Å². The summed E-state index contributed by atoms with van der Waals surface area (Å²) in [6, 6.07) is 0.399. The minimum Gasteiger partial charge on any atom is -0.375 e. The van der Waals surface area contributed by atoms with Crippen LogP contribution in [-0.4, -0.2) is 30.3 Å². The lowest BCUT2D eigenvalue weighted by atomic mass is 10.2. The van der Waals surface area contributed by atoms with Gasteiger partial charge in [0.25, 0.3) is 0 Å². The van der Waals surface area contributed by atoms with Gasteiger partial charge in [-0.1, -0.05) is 0 Å². The van der Waals surface area contributed by atoms with Gasteiger partial charge in [0.15, 0.2) is 5.13 Å². The maximum atomic E-state index is 5.75. The molecular formula is C10H15ClN2OS. The summed E-state index contributed by atoms with van der Waals surface area (Å²) in [6.45, 7) is 5.94. The number of hydrogen-bond acceptors (Lipinski definition) is 4. The Hall–Kier alpha value is -0.320. The number of alkyl halides is 1. The van der Waals surface area contributed by atoms with Crippen LogP contribution in [0.3, 0.4) is 0 Å². The van der Waals surface area contributed by atoms with E-state index in [2.05, 4.69) is 23.7 Å². The van der Waals surface area contributed by atoms with Crippen LogP contribution in [0.15, 0.2) is 5.38 Å². The Labute approximate surface area is 99.0 Å². The number of ether oxygens (including phenoxy) is 1. The number of morpholine rings is 1. The molecule has 0 radical (unpaired) electrons. The first-order valence-corrected chi connectivity index (χ1v) is 6.50. The van der Waals surface area contributed by atoms with Crippen LogP contribution in [0.5, 0.6) is 0 Å². The molecule has 0 saturated carbocycles. The van der Waals surface area contributed by atoms with Crippen molar-refractivity contribution in [3.05, 3.63) is 11.1 Å². The van der Waals surface area contributed by atoms with Gasteiger partial charge < -0.3 is 9.64 Å².